The third-order valence-corrected chi connectivity index (χ3v) is 5.32. The van der Waals surface area contributed by atoms with Crippen LogP contribution < -0.4 is 10.6 Å². The number of hydrogen-bond acceptors (Lipinski definition) is 3. The van der Waals surface area contributed by atoms with Crippen LogP contribution in [0, 0.1) is 11.3 Å². The third kappa shape index (κ3) is 6.60. The molecule has 1 heterocycles. The van der Waals surface area contributed by atoms with Gasteiger partial charge in [0.1, 0.15) is 0 Å². The molecule has 1 aromatic carbocycles. The molecule has 2 rings (SSSR count). The average Bonchev–Trinajstić information content (AvgIpc) is 2.98. The molecule has 1 aliphatic rings. The number of halogens is 1. The fourth-order valence-corrected chi connectivity index (χ4v) is 3.69. The van der Waals surface area contributed by atoms with E-state index in [0.717, 1.165) is 24.6 Å². The van der Waals surface area contributed by atoms with Gasteiger partial charge in [0.05, 0.1) is 18.2 Å². The molecule has 0 spiro atoms. The van der Waals surface area contributed by atoms with Gasteiger partial charge >= 0.3 is 0 Å². The van der Waals surface area contributed by atoms with Gasteiger partial charge in [0.25, 0.3) is 0 Å². The molecule has 0 aromatic heterocycles. The van der Waals surface area contributed by atoms with E-state index in [0.29, 0.717) is 16.9 Å². The molecule has 1 saturated heterocycles. The Bertz CT molecular complexity index is 545. The quantitative estimate of drug-likeness (QED) is 0.415. The first-order valence-electron chi connectivity index (χ1n) is 7.80. The topological polar surface area (TPSA) is 60.2 Å². The van der Waals surface area contributed by atoms with Crippen LogP contribution in [0.4, 0.5) is 0 Å². The van der Waals surface area contributed by atoms with Gasteiger partial charge in [-0.15, -0.1) is 24.0 Å². The van der Waals surface area contributed by atoms with Crippen LogP contribution in [0.1, 0.15) is 37.8 Å². The highest BCUT2D eigenvalue weighted by Gasteiger charge is 2.29. The number of benzene rings is 1. The molecule has 0 radical (unpaired) electrons. The van der Waals surface area contributed by atoms with Gasteiger partial charge in [0.15, 0.2) is 5.96 Å². The van der Waals surface area contributed by atoms with Crippen LogP contribution >= 0.6 is 35.7 Å². The summed E-state index contributed by atoms with van der Waals surface area (Å²) < 4.78 is 0.324. The van der Waals surface area contributed by atoms with Gasteiger partial charge in [-0.2, -0.15) is 17.0 Å². The van der Waals surface area contributed by atoms with E-state index in [2.05, 4.69) is 35.5 Å². The Kier molecular flexibility index (Phi) is 8.77. The fraction of sp³-hybridized carbons (Fsp3) is 0.529. The van der Waals surface area contributed by atoms with Crippen molar-refractivity contribution in [1.82, 2.24) is 10.6 Å². The Morgan fingerprint density at radius 3 is 2.65 bits per heavy atom. The molecule has 1 aliphatic heterocycles. The van der Waals surface area contributed by atoms with Crippen molar-refractivity contribution in [1.29, 1.82) is 5.26 Å². The number of nitriles is 1. The highest BCUT2D eigenvalue weighted by atomic mass is 127. The van der Waals surface area contributed by atoms with Gasteiger partial charge in [0.2, 0.25) is 0 Å². The summed E-state index contributed by atoms with van der Waals surface area (Å²) in [5.74, 6) is 2.12. The molecule has 1 atom stereocenters. The molecule has 0 bridgehead atoms. The van der Waals surface area contributed by atoms with E-state index in [1.807, 2.05) is 36.0 Å². The zero-order valence-corrected chi connectivity index (χ0v) is 16.9. The summed E-state index contributed by atoms with van der Waals surface area (Å²) in [6.07, 6.45) is 2.57. The zero-order chi connectivity index (χ0) is 15.8. The Labute approximate surface area is 160 Å². The molecule has 2 N–H and O–H groups in total. The highest BCUT2D eigenvalue weighted by Crippen LogP contribution is 2.36. The monoisotopic (exact) mass is 444 g/mol. The number of thioether (sulfide) groups is 1. The summed E-state index contributed by atoms with van der Waals surface area (Å²) >= 11 is 2.05. The molecule has 0 aliphatic carbocycles. The predicted octanol–water partition coefficient (Wildman–Crippen LogP) is 3.52. The number of guanidine groups is 1. The zero-order valence-electron chi connectivity index (χ0n) is 13.8. The molecule has 23 heavy (non-hydrogen) atoms. The van der Waals surface area contributed by atoms with Crippen molar-refractivity contribution in [3.8, 4) is 6.07 Å². The van der Waals surface area contributed by atoms with Crippen LogP contribution in [-0.2, 0) is 6.54 Å². The lowest BCUT2D eigenvalue weighted by Gasteiger charge is -2.24. The number of nitrogens with one attached hydrogen (secondary N) is 2. The molecule has 1 aromatic rings. The maximum atomic E-state index is 8.82. The molecular weight excluding hydrogens is 419 g/mol. The summed E-state index contributed by atoms with van der Waals surface area (Å²) in [6.45, 7) is 6.80. The van der Waals surface area contributed by atoms with Crippen LogP contribution in [0.2, 0.25) is 0 Å². The van der Waals surface area contributed by atoms with Crippen molar-refractivity contribution in [3.63, 3.8) is 0 Å². The van der Waals surface area contributed by atoms with Crippen LogP contribution in [0.5, 0.6) is 0 Å². The summed E-state index contributed by atoms with van der Waals surface area (Å²) in [7, 11) is 0. The van der Waals surface area contributed by atoms with Crippen molar-refractivity contribution in [2.75, 3.05) is 18.8 Å². The van der Waals surface area contributed by atoms with Crippen molar-refractivity contribution in [2.45, 2.75) is 38.0 Å². The van der Waals surface area contributed by atoms with E-state index in [-0.39, 0.29) is 24.0 Å². The van der Waals surface area contributed by atoms with Crippen molar-refractivity contribution in [2.24, 2.45) is 4.99 Å². The molecule has 126 valence electrons. The summed E-state index contributed by atoms with van der Waals surface area (Å²) in [4.78, 5) is 4.63. The molecular formula is C17H25IN4S. The minimum Gasteiger partial charge on any atom is -0.357 e. The van der Waals surface area contributed by atoms with Crippen LogP contribution in [0.3, 0.4) is 0 Å². The normalized spacial score (nSPS) is 20.5. The molecule has 0 amide bonds. The van der Waals surface area contributed by atoms with E-state index in [4.69, 9.17) is 5.26 Å². The SMILES string of the molecule is CCNC(=NCc1ccc(C#N)cc1)NCC1(C)CCCS1.I. The molecule has 1 fully saturated rings. The largest absolute Gasteiger partial charge is 0.357 e. The summed E-state index contributed by atoms with van der Waals surface area (Å²) in [5.41, 5.74) is 1.79. The van der Waals surface area contributed by atoms with Gasteiger partial charge in [-0.3, -0.25) is 0 Å². The first kappa shape index (κ1) is 20.1. The van der Waals surface area contributed by atoms with Crippen molar-refractivity contribution < 1.29 is 0 Å². The smallest absolute Gasteiger partial charge is 0.191 e. The standard InChI is InChI=1S/C17H24N4S.HI/c1-3-19-16(21-13-17(2)9-4-10-22-17)20-12-15-7-5-14(11-18)6-8-15;/h5-8H,3-4,9-10,12-13H2,1-2H3,(H2,19,20,21);1H. The highest BCUT2D eigenvalue weighted by molar-refractivity contribution is 14.0. The van der Waals surface area contributed by atoms with Crippen molar-refractivity contribution in [3.05, 3.63) is 35.4 Å². The van der Waals surface area contributed by atoms with Gasteiger partial charge in [0, 0.05) is 17.8 Å². The van der Waals surface area contributed by atoms with E-state index in [1.54, 1.807) is 0 Å². The lowest BCUT2D eigenvalue weighted by Crippen LogP contribution is -2.43. The Morgan fingerprint density at radius 1 is 1.35 bits per heavy atom. The third-order valence-electron chi connectivity index (χ3n) is 3.78. The van der Waals surface area contributed by atoms with Gasteiger partial charge < -0.3 is 10.6 Å². The Hall–Kier alpha value is -0.940. The van der Waals surface area contributed by atoms with Crippen molar-refractivity contribution >= 4 is 41.7 Å². The van der Waals surface area contributed by atoms with Crippen LogP contribution in [-0.4, -0.2) is 29.5 Å². The predicted molar refractivity (Wildman–Crippen MR) is 109 cm³/mol. The van der Waals surface area contributed by atoms with E-state index < -0.39 is 0 Å². The second-order valence-corrected chi connectivity index (χ2v) is 7.44. The van der Waals surface area contributed by atoms with Crippen LogP contribution in [0.25, 0.3) is 0 Å². The first-order valence-corrected chi connectivity index (χ1v) is 8.79. The molecule has 6 heteroatoms. The second-order valence-electron chi connectivity index (χ2n) is 5.76. The number of hydrogen-bond donors (Lipinski definition) is 2. The minimum atomic E-state index is 0. The van der Waals surface area contributed by atoms with Crippen LogP contribution in [0.15, 0.2) is 29.3 Å². The number of nitrogens with zero attached hydrogens (tertiary/aromatic N) is 2. The molecule has 0 saturated carbocycles. The van der Waals surface area contributed by atoms with E-state index >= 15 is 0 Å². The Morgan fingerprint density at radius 2 is 2.09 bits per heavy atom. The number of aliphatic imine (C=N–C) groups is 1. The van der Waals surface area contributed by atoms with Gasteiger partial charge in [-0.25, -0.2) is 4.99 Å². The summed E-state index contributed by atoms with van der Waals surface area (Å²) in [6, 6.07) is 9.72. The van der Waals surface area contributed by atoms with E-state index in [1.165, 1.54) is 18.6 Å². The maximum Gasteiger partial charge on any atom is 0.191 e. The average molecular weight is 444 g/mol. The number of rotatable bonds is 5. The van der Waals surface area contributed by atoms with Gasteiger partial charge in [-0.1, -0.05) is 12.1 Å². The lowest BCUT2D eigenvalue weighted by atomic mass is 10.1. The minimum absolute atomic E-state index is 0. The van der Waals surface area contributed by atoms with Gasteiger partial charge in [-0.05, 0) is 50.1 Å². The molecule has 4 nitrogen and oxygen atoms in total. The Balaban J connectivity index is 0.00000264. The molecule has 1 unspecified atom stereocenters. The fourth-order valence-electron chi connectivity index (χ4n) is 2.44. The second kappa shape index (κ2) is 10.0. The van der Waals surface area contributed by atoms with E-state index in [9.17, 15) is 0 Å². The summed E-state index contributed by atoms with van der Waals surface area (Å²) in [5, 5.41) is 15.6. The maximum absolute atomic E-state index is 8.82. The lowest BCUT2D eigenvalue weighted by molar-refractivity contribution is 0.584. The first-order chi connectivity index (χ1) is 10.6.